The standard InChI is InChI=1S/C18H23N5O3/c24-17(16-14-5-1-2-6-15(14)20-21-16)22-7-9-23(10-8-22)18(25)19-12-13-4-3-11-26-13/h1-2,5-6,13H,3-4,7-12H2,(H,19,25)(H,20,21)/t13-/m1/s1. The number of ether oxygens (including phenoxy) is 1. The number of nitrogens with zero attached hydrogens (tertiary/aromatic N) is 3. The van der Waals surface area contributed by atoms with Gasteiger partial charge in [-0.3, -0.25) is 9.89 Å². The van der Waals surface area contributed by atoms with Gasteiger partial charge in [-0.1, -0.05) is 18.2 Å². The molecule has 0 bridgehead atoms. The molecule has 2 aromatic rings. The van der Waals surface area contributed by atoms with Gasteiger partial charge in [0.15, 0.2) is 5.69 Å². The third-order valence-electron chi connectivity index (χ3n) is 5.03. The number of H-pyrrole nitrogens is 1. The molecule has 4 rings (SSSR count). The Balaban J connectivity index is 1.31. The zero-order chi connectivity index (χ0) is 17.9. The lowest BCUT2D eigenvalue weighted by atomic mass is 10.2. The second kappa shape index (κ2) is 7.33. The van der Waals surface area contributed by atoms with Gasteiger partial charge in [-0.2, -0.15) is 5.10 Å². The summed E-state index contributed by atoms with van der Waals surface area (Å²) in [5.74, 6) is -0.0955. The molecular weight excluding hydrogens is 334 g/mol. The second-order valence-corrected chi connectivity index (χ2v) is 6.72. The van der Waals surface area contributed by atoms with E-state index in [9.17, 15) is 9.59 Å². The predicted molar refractivity (Wildman–Crippen MR) is 95.9 cm³/mol. The molecule has 3 amide bonds. The van der Waals surface area contributed by atoms with Gasteiger partial charge in [0.05, 0.1) is 11.6 Å². The maximum atomic E-state index is 12.8. The molecule has 3 heterocycles. The Labute approximate surface area is 151 Å². The van der Waals surface area contributed by atoms with Crippen LogP contribution in [-0.4, -0.2) is 77.4 Å². The van der Waals surface area contributed by atoms with Crippen LogP contribution in [0.4, 0.5) is 4.79 Å². The fraction of sp³-hybridized carbons (Fsp3) is 0.500. The van der Waals surface area contributed by atoms with E-state index in [-0.39, 0.29) is 18.0 Å². The average Bonchev–Trinajstić information content (AvgIpc) is 3.35. The minimum Gasteiger partial charge on any atom is -0.376 e. The first-order chi connectivity index (χ1) is 12.7. The molecule has 2 N–H and O–H groups in total. The Morgan fingerprint density at radius 1 is 1.19 bits per heavy atom. The number of fused-ring (bicyclic) bond motifs is 1. The van der Waals surface area contributed by atoms with Crippen molar-refractivity contribution in [2.45, 2.75) is 18.9 Å². The number of urea groups is 1. The number of hydrogen-bond donors (Lipinski definition) is 2. The second-order valence-electron chi connectivity index (χ2n) is 6.72. The van der Waals surface area contributed by atoms with E-state index in [1.807, 2.05) is 24.3 Å². The van der Waals surface area contributed by atoms with Gasteiger partial charge in [0.25, 0.3) is 5.91 Å². The highest BCUT2D eigenvalue weighted by Crippen LogP contribution is 2.18. The lowest BCUT2D eigenvalue weighted by molar-refractivity contribution is 0.0656. The van der Waals surface area contributed by atoms with Crippen LogP contribution in [0, 0.1) is 0 Å². The molecule has 26 heavy (non-hydrogen) atoms. The third kappa shape index (κ3) is 3.37. The number of carbonyl (C=O) groups excluding carboxylic acids is 2. The first-order valence-corrected chi connectivity index (χ1v) is 9.09. The van der Waals surface area contributed by atoms with E-state index in [4.69, 9.17) is 4.74 Å². The van der Waals surface area contributed by atoms with Crippen LogP contribution < -0.4 is 5.32 Å². The average molecular weight is 357 g/mol. The van der Waals surface area contributed by atoms with Gasteiger partial charge in [0.2, 0.25) is 0 Å². The molecule has 8 nitrogen and oxygen atoms in total. The molecular formula is C18H23N5O3. The van der Waals surface area contributed by atoms with Crippen LogP contribution in [0.5, 0.6) is 0 Å². The van der Waals surface area contributed by atoms with Crippen LogP contribution in [0.3, 0.4) is 0 Å². The minimum atomic E-state index is -0.0955. The fourth-order valence-corrected chi connectivity index (χ4v) is 3.51. The molecule has 2 aliphatic heterocycles. The number of hydrogen-bond acceptors (Lipinski definition) is 4. The van der Waals surface area contributed by atoms with Crippen molar-refractivity contribution in [1.29, 1.82) is 0 Å². The summed E-state index contributed by atoms with van der Waals surface area (Å²) in [5, 5.41) is 10.8. The Kier molecular flexibility index (Phi) is 4.75. The maximum absolute atomic E-state index is 12.8. The molecule has 1 aromatic heterocycles. The van der Waals surface area contributed by atoms with Gasteiger partial charge in [-0.25, -0.2) is 4.79 Å². The Morgan fingerprint density at radius 2 is 1.96 bits per heavy atom. The van der Waals surface area contributed by atoms with Crippen molar-refractivity contribution in [3.8, 4) is 0 Å². The first-order valence-electron chi connectivity index (χ1n) is 9.09. The molecule has 2 fully saturated rings. The number of aromatic amines is 1. The fourth-order valence-electron chi connectivity index (χ4n) is 3.51. The minimum absolute atomic E-state index is 0.0854. The number of amides is 3. The highest BCUT2D eigenvalue weighted by molar-refractivity contribution is 6.04. The smallest absolute Gasteiger partial charge is 0.317 e. The molecule has 0 unspecified atom stereocenters. The van der Waals surface area contributed by atoms with Crippen molar-refractivity contribution in [2.24, 2.45) is 0 Å². The summed E-state index contributed by atoms with van der Waals surface area (Å²) in [7, 11) is 0. The topological polar surface area (TPSA) is 90.6 Å². The molecule has 1 atom stereocenters. The molecule has 0 spiro atoms. The molecule has 2 aliphatic rings. The summed E-state index contributed by atoms with van der Waals surface area (Å²) in [6, 6.07) is 7.50. The van der Waals surface area contributed by atoms with E-state index in [1.54, 1.807) is 9.80 Å². The molecule has 0 aliphatic carbocycles. The van der Waals surface area contributed by atoms with Crippen molar-refractivity contribution < 1.29 is 14.3 Å². The molecule has 138 valence electrons. The van der Waals surface area contributed by atoms with Gasteiger partial charge in [0.1, 0.15) is 0 Å². The van der Waals surface area contributed by atoms with Crippen LogP contribution in [-0.2, 0) is 4.74 Å². The van der Waals surface area contributed by atoms with Crippen LogP contribution >= 0.6 is 0 Å². The largest absolute Gasteiger partial charge is 0.376 e. The predicted octanol–water partition coefficient (Wildman–Crippen LogP) is 1.21. The number of benzene rings is 1. The zero-order valence-corrected chi connectivity index (χ0v) is 14.6. The van der Waals surface area contributed by atoms with Crippen LogP contribution in [0.25, 0.3) is 10.9 Å². The van der Waals surface area contributed by atoms with Gasteiger partial charge < -0.3 is 19.9 Å². The van der Waals surface area contributed by atoms with Crippen molar-refractivity contribution in [2.75, 3.05) is 39.3 Å². The Hall–Kier alpha value is -2.61. The lowest BCUT2D eigenvalue weighted by Gasteiger charge is -2.34. The summed E-state index contributed by atoms with van der Waals surface area (Å²) < 4.78 is 5.52. The van der Waals surface area contributed by atoms with Gasteiger partial charge >= 0.3 is 6.03 Å². The van der Waals surface area contributed by atoms with E-state index in [1.165, 1.54) is 0 Å². The van der Waals surface area contributed by atoms with Gasteiger partial charge in [0, 0.05) is 44.7 Å². The summed E-state index contributed by atoms with van der Waals surface area (Å²) in [5.41, 5.74) is 1.29. The molecule has 8 heteroatoms. The van der Waals surface area contributed by atoms with Crippen molar-refractivity contribution in [1.82, 2.24) is 25.3 Å². The summed E-state index contributed by atoms with van der Waals surface area (Å²) in [6.07, 6.45) is 2.19. The highest BCUT2D eigenvalue weighted by atomic mass is 16.5. The molecule has 2 saturated heterocycles. The third-order valence-corrected chi connectivity index (χ3v) is 5.03. The number of aromatic nitrogens is 2. The number of para-hydroxylation sites is 1. The van der Waals surface area contributed by atoms with Gasteiger partial charge in [-0.05, 0) is 18.9 Å². The van der Waals surface area contributed by atoms with Gasteiger partial charge in [-0.15, -0.1) is 0 Å². The van der Waals surface area contributed by atoms with E-state index >= 15 is 0 Å². The van der Waals surface area contributed by atoms with E-state index < -0.39 is 0 Å². The SMILES string of the molecule is O=C(NC[C@H]1CCCO1)N1CCN(C(=O)c2n[nH]c3ccccc23)CC1. The lowest BCUT2D eigenvalue weighted by Crippen LogP contribution is -2.53. The summed E-state index contributed by atoms with van der Waals surface area (Å²) in [6.45, 7) is 3.39. The Bertz CT molecular complexity index is 791. The van der Waals surface area contributed by atoms with E-state index in [0.29, 0.717) is 38.4 Å². The van der Waals surface area contributed by atoms with Crippen LogP contribution in [0.2, 0.25) is 0 Å². The monoisotopic (exact) mass is 357 g/mol. The summed E-state index contributed by atoms with van der Waals surface area (Å²) >= 11 is 0. The van der Waals surface area contributed by atoms with Crippen LogP contribution in [0.1, 0.15) is 23.3 Å². The van der Waals surface area contributed by atoms with E-state index in [2.05, 4.69) is 15.5 Å². The van der Waals surface area contributed by atoms with E-state index in [0.717, 1.165) is 30.4 Å². The number of piperazine rings is 1. The normalized spacial score (nSPS) is 20.5. The Morgan fingerprint density at radius 3 is 2.73 bits per heavy atom. The quantitative estimate of drug-likeness (QED) is 0.864. The van der Waals surface area contributed by atoms with Crippen molar-refractivity contribution >= 4 is 22.8 Å². The molecule has 0 saturated carbocycles. The van der Waals surface area contributed by atoms with Crippen molar-refractivity contribution in [3.63, 3.8) is 0 Å². The van der Waals surface area contributed by atoms with Crippen LogP contribution in [0.15, 0.2) is 24.3 Å². The highest BCUT2D eigenvalue weighted by Gasteiger charge is 2.27. The molecule has 0 radical (unpaired) electrons. The number of nitrogens with one attached hydrogen (secondary N) is 2. The number of carbonyl (C=O) groups is 2. The first kappa shape index (κ1) is 16.8. The summed E-state index contributed by atoms with van der Waals surface area (Å²) in [4.78, 5) is 28.5. The zero-order valence-electron chi connectivity index (χ0n) is 14.6. The van der Waals surface area contributed by atoms with Crippen molar-refractivity contribution in [3.05, 3.63) is 30.0 Å². The number of rotatable bonds is 3. The molecule has 1 aromatic carbocycles. The maximum Gasteiger partial charge on any atom is 0.317 e.